The summed E-state index contributed by atoms with van der Waals surface area (Å²) in [6.07, 6.45) is 1.97. The van der Waals surface area contributed by atoms with Gasteiger partial charge in [0.05, 0.1) is 0 Å². The van der Waals surface area contributed by atoms with Crippen LogP contribution in [0.1, 0.15) is 13.8 Å². The normalized spacial score (nSPS) is 8.57. The molecule has 0 bridgehead atoms. The summed E-state index contributed by atoms with van der Waals surface area (Å²) in [5, 5.41) is 0. The van der Waals surface area contributed by atoms with E-state index in [9.17, 15) is 0 Å². The maximum Gasteiger partial charge on any atom is 2.00 e. The molecular formula is C5H9ClMg. The molecule has 0 aromatic rings. The minimum absolute atomic E-state index is 0. The molecule has 0 N–H and O–H groups in total. The molecule has 0 unspecified atom stereocenters. The van der Waals surface area contributed by atoms with E-state index in [-0.39, 0.29) is 35.5 Å². The molecule has 38 valence electrons. The van der Waals surface area contributed by atoms with E-state index in [0.29, 0.717) is 0 Å². The second-order valence-electron chi connectivity index (χ2n) is 1.14. The van der Waals surface area contributed by atoms with E-state index in [4.69, 9.17) is 0 Å². The number of rotatable bonds is 0. The molecule has 0 spiro atoms. The first-order chi connectivity index (χ1) is 2.27. The summed E-state index contributed by atoms with van der Waals surface area (Å²) in [7, 11) is 0. The second-order valence-corrected chi connectivity index (χ2v) is 1.14. The summed E-state index contributed by atoms with van der Waals surface area (Å²) in [5.41, 5.74) is 1.13. The molecule has 0 radical (unpaired) electrons. The van der Waals surface area contributed by atoms with Gasteiger partial charge in [-0.05, 0) is 0 Å². The van der Waals surface area contributed by atoms with Crippen molar-refractivity contribution >= 4 is 23.1 Å². The molecule has 0 heterocycles. The minimum Gasteiger partial charge on any atom is -1.00 e. The fourth-order valence-corrected chi connectivity index (χ4v) is 0. The molecule has 0 saturated heterocycles. The van der Waals surface area contributed by atoms with Crippen molar-refractivity contribution in [3.63, 3.8) is 0 Å². The van der Waals surface area contributed by atoms with Gasteiger partial charge in [-0.25, -0.2) is 18.6 Å². The van der Waals surface area contributed by atoms with E-state index < -0.39 is 0 Å². The van der Waals surface area contributed by atoms with Crippen molar-refractivity contribution in [2.24, 2.45) is 0 Å². The zero-order chi connectivity index (χ0) is 4.28. The molecule has 0 saturated carbocycles. The average molecular weight is 129 g/mol. The Bertz CT molecular complexity index is 46.0. The van der Waals surface area contributed by atoms with Gasteiger partial charge in [0.25, 0.3) is 0 Å². The molecule has 0 rings (SSSR count). The summed E-state index contributed by atoms with van der Waals surface area (Å²) in [6, 6.07) is 0. The fraction of sp³-hybridized carbons (Fsp3) is 0.400. The van der Waals surface area contributed by atoms with E-state index in [0.717, 1.165) is 5.57 Å². The van der Waals surface area contributed by atoms with Crippen molar-refractivity contribution in [2.75, 3.05) is 0 Å². The largest absolute Gasteiger partial charge is 2.00 e. The first-order valence-corrected chi connectivity index (χ1v) is 1.72. The Labute approximate surface area is 67.9 Å². The van der Waals surface area contributed by atoms with Gasteiger partial charge in [-0.3, -0.25) is 0 Å². The average Bonchev–Trinajstić information content (AvgIpc) is 1.38. The maximum atomic E-state index is 3.62. The van der Waals surface area contributed by atoms with Crippen LogP contribution >= 0.6 is 0 Å². The van der Waals surface area contributed by atoms with Gasteiger partial charge < -0.3 is 12.4 Å². The third-order valence-electron chi connectivity index (χ3n) is 0.493. The van der Waals surface area contributed by atoms with E-state index in [2.05, 4.69) is 6.92 Å². The van der Waals surface area contributed by atoms with Crippen LogP contribution < -0.4 is 12.4 Å². The zero-order valence-electron chi connectivity index (χ0n) is 4.87. The van der Waals surface area contributed by atoms with Crippen molar-refractivity contribution in [1.29, 1.82) is 0 Å². The molecule has 0 aliphatic rings. The van der Waals surface area contributed by atoms with Crippen LogP contribution in [-0.4, -0.2) is 23.1 Å². The molecule has 0 aromatic carbocycles. The first-order valence-electron chi connectivity index (χ1n) is 1.72. The third kappa shape index (κ3) is 20.4. The van der Waals surface area contributed by atoms with Gasteiger partial charge in [0.15, 0.2) is 0 Å². The number of allylic oxidation sites excluding steroid dienone is 2. The molecule has 0 atom stereocenters. The number of hydrogen-bond donors (Lipinski definition) is 0. The quantitative estimate of drug-likeness (QED) is 0.273. The smallest absolute Gasteiger partial charge is 1.00 e. The van der Waals surface area contributed by atoms with Crippen molar-refractivity contribution in [2.45, 2.75) is 13.8 Å². The third-order valence-corrected chi connectivity index (χ3v) is 0.493. The van der Waals surface area contributed by atoms with E-state index in [1.807, 2.05) is 19.9 Å². The van der Waals surface area contributed by atoms with Crippen LogP contribution in [0.25, 0.3) is 0 Å². The topological polar surface area (TPSA) is 0 Å². The molecule has 7 heavy (non-hydrogen) atoms. The van der Waals surface area contributed by atoms with Gasteiger partial charge >= 0.3 is 23.1 Å². The van der Waals surface area contributed by atoms with Gasteiger partial charge in [-0.2, -0.15) is 0 Å². The fourth-order valence-electron chi connectivity index (χ4n) is 0. The second kappa shape index (κ2) is 9.83. The van der Waals surface area contributed by atoms with E-state index in [1.54, 1.807) is 0 Å². The van der Waals surface area contributed by atoms with Gasteiger partial charge in [-0.1, -0.05) is 6.92 Å². The van der Waals surface area contributed by atoms with Crippen LogP contribution in [0.2, 0.25) is 0 Å². The van der Waals surface area contributed by atoms with E-state index in [1.165, 1.54) is 0 Å². The number of halogens is 1. The summed E-state index contributed by atoms with van der Waals surface area (Å²) >= 11 is 0. The van der Waals surface area contributed by atoms with Crippen molar-refractivity contribution in [3.05, 3.63) is 18.6 Å². The molecule has 0 amide bonds. The zero-order valence-corrected chi connectivity index (χ0v) is 7.04. The van der Waals surface area contributed by atoms with Crippen LogP contribution in [0.3, 0.4) is 0 Å². The predicted octanol–water partition coefficient (Wildman–Crippen LogP) is -1.59. The van der Waals surface area contributed by atoms with Gasteiger partial charge in [0.1, 0.15) is 0 Å². The van der Waals surface area contributed by atoms with E-state index >= 15 is 0 Å². The van der Waals surface area contributed by atoms with Gasteiger partial charge in [-0.15, -0.1) is 6.92 Å². The summed E-state index contributed by atoms with van der Waals surface area (Å²) in [6.45, 7) is 7.56. The van der Waals surface area contributed by atoms with Crippen LogP contribution in [0.15, 0.2) is 11.6 Å². The van der Waals surface area contributed by atoms with Gasteiger partial charge in [0.2, 0.25) is 0 Å². The van der Waals surface area contributed by atoms with Crippen molar-refractivity contribution < 1.29 is 12.4 Å². The minimum atomic E-state index is 0. The molecule has 0 aromatic heterocycles. The molecular weight excluding hydrogens is 120 g/mol. The Morgan fingerprint density at radius 1 is 1.57 bits per heavy atom. The van der Waals surface area contributed by atoms with Crippen molar-refractivity contribution in [1.82, 2.24) is 0 Å². The SMILES string of the molecule is [CH2-]C(C)=CC.[Cl-].[Mg+2]. The Kier molecular flexibility index (Phi) is 22.0. The maximum absolute atomic E-state index is 3.62. The number of hydrogen-bond acceptors (Lipinski definition) is 0. The summed E-state index contributed by atoms with van der Waals surface area (Å²) < 4.78 is 0. The summed E-state index contributed by atoms with van der Waals surface area (Å²) in [4.78, 5) is 0. The molecule has 0 fully saturated rings. The molecule has 0 nitrogen and oxygen atoms in total. The molecule has 2 heteroatoms. The molecule has 0 aliphatic carbocycles. The first kappa shape index (κ1) is 15.6. The molecule has 0 aliphatic heterocycles. The predicted molar refractivity (Wildman–Crippen MR) is 30.5 cm³/mol. The standard InChI is InChI=1S/C5H9.ClH.Mg/c1-4-5(2)3;;/h4H,2H2,1,3H3;1H;/q-1;;+2/p-1. The Morgan fingerprint density at radius 2 is 1.71 bits per heavy atom. The van der Waals surface area contributed by atoms with Crippen LogP contribution in [0.5, 0.6) is 0 Å². The Morgan fingerprint density at radius 3 is 1.71 bits per heavy atom. The van der Waals surface area contributed by atoms with Crippen LogP contribution in [0, 0.1) is 6.92 Å². The van der Waals surface area contributed by atoms with Gasteiger partial charge in [0, 0.05) is 0 Å². The van der Waals surface area contributed by atoms with Crippen molar-refractivity contribution in [3.8, 4) is 0 Å². The van der Waals surface area contributed by atoms with Crippen LogP contribution in [0.4, 0.5) is 0 Å². The summed E-state index contributed by atoms with van der Waals surface area (Å²) in [5.74, 6) is 0. The van der Waals surface area contributed by atoms with Crippen LogP contribution in [-0.2, 0) is 0 Å². The monoisotopic (exact) mass is 128 g/mol. The Hall–Kier alpha value is 0.666. The Balaban J connectivity index is -0.0000000800.